The van der Waals surface area contributed by atoms with E-state index >= 15 is 0 Å². The number of hydrogen-bond donors (Lipinski definition) is 4. The molecule has 7 heteroatoms. The summed E-state index contributed by atoms with van der Waals surface area (Å²) in [5.41, 5.74) is 13.3. The van der Waals surface area contributed by atoms with Crippen LogP contribution >= 0.6 is 0 Å². The molecule has 1 atom stereocenters. The molecule has 0 saturated carbocycles. The molecule has 2 heterocycles. The van der Waals surface area contributed by atoms with Gasteiger partial charge in [-0.05, 0) is 25.0 Å². The SMILES string of the molecule is Cc1nc(C(=O)NNC(=O)[C@H](N)C(C)C)cc2c1[nH]c1ccccc12. The van der Waals surface area contributed by atoms with Crippen LogP contribution in [-0.4, -0.2) is 27.8 Å². The summed E-state index contributed by atoms with van der Waals surface area (Å²) in [6.45, 7) is 5.51. The minimum absolute atomic E-state index is 0.0279. The summed E-state index contributed by atoms with van der Waals surface area (Å²) in [5.74, 6) is -0.951. The molecule has 0 saturated heterocycles. The van der Waals surface area contributed by atoms with Crippen LogP contribution in [0.1, 0.15) is 30.0 Å². The minimum Gasteiger partial charge on any atom is -0.353 e. The number of aromatic amines is 1. The van der Waals surface area contributed by atoms with Gasteiger partial charge in [0.15, 0.2) is 0 Å². The largest absolute Gasteiger partial charge is 0.353 e. The van der Waals surface area contributed by atoms with Gasteiger partial charge in [0.2, 0.25) is 0 Å². The van der Waals surface area contributed by atoms with E-state index in [1.807, 2.05) is 45.0 Å². The van der Waals surface area contributed by atoms with E-state index in [2.05, 4.69) is 20.8 Å². The van der Waals surface area contributed by atoms with Gasteiger partial charge in [-0.3, -0.25) is 20.4 Å². The molecule has 0 bridgehead atoms. The molecular weight excluding hydrogens is 318 g/mol. The predicted octanol–water partition coefficient (Wildman–Crippen LogP) is 1.77. The Labute approximate surface area is 145 Å². The highest BCUT2D eigenvalue weighted by molar-refractivity contribution is 6.10. The Morgan fingerprint density at radius 3 is 2.60 bits per heavy atom. The van der Waals surface area contributed by atoms with Crippen LogP contribution in [0.2, 0.25) is 0 Å². The average molecular weight is 339 g/mol. The predicted molar refractivity (Wildman–Crippen MR) is 96.8 cm³/mol. The molecule has 0 fully saturated rings. The number of hydrazine groups is 1. The van der Waals surface area contributed by atoms with Crippen LogP contribution in [0.15, 0.2) is 30.3 Å². The molecule has 0 aliphatic rings. The summed E-state index contributed by atoms with van der Waals surface area (Å²) < 4.78 is 0. The molecule has 2 aromatic heterocycles. The molecule has 25 heavy (non-hydrogen) atoms. The molecule has 0 aliphatic carbocycles. The lowest BCUT2D eigenvalue weighted by molar-refractivity contribution is -0.124. The number of H-pyrrole nitrogens is 1. The number of benzene rings is 1. The third-order valence-corrected chi connectivity index (χ3v) is 4.23. The van der Waals surface area contributed by atoms with E-state index in [0.29, 0.717) is 5.69 Å². The van der Waals surface area contributed by atoms with Crippen molar-refractivity contribution in [2.24, 2.45) is 11.7 Å². The van der Waals surface area contributed by atoms with Crippen molar-refractivity contribution in [2.75, 3.05) is 0 Å². The van der Waals surface area contributed by atoms with Crippen molar-refractivity contribution in [3.63, 3.8) is 0 Å². The van der Waals surface area contributed by atoms with Gasteiger partial charge in [-0.15, -0.1) is 0 Å². The summed E-state index contributed by atoms with van der Waals surface area (Å²) >= 11 is 0. The molecule has 2 amide bonds. The third-order valence-electron chi connectivity index (χ3n) is 4.23. The maximum Gasteiger partial charge on any atom is 0.288 e. The zero-order valence-electron chi connectivity index (χ0n) is 14.4. The molecular formula is C18H21N5O2. The highest BCUT2D eigenvalue weighted by Gasteiger charge is 2.19. The number of rotatable bonds is 3. The molecule has 0 aliphatic heterocycles. The number of aryl methyl sites for hydroxylation is 1. The lowest BCUT2D eigenvalue weighted by atomic mass is 10.1. The van der Waals surface area contributed by atoms with E-state index < -0.39 is 17.9 Å². The zero-order valence-corrected chi connectivity index (χ0v) is 14.4. The fraction of sp³-hybridized carbons (Fsp3) is 0.278. The van der Waals surface area contributed by atoms with Crippen molar-refractivity contribution >= 4 is 33.6 Å². The Balaban J connectivity index is 1.87. The van der Waals surface area contributed by atoms with Crippen molar-refractivity contribution in [1.82, 2.24) is 20.8 Å². The lowest BCUT2D eigenvalue weighted by Crippen LogP contribution is -2.51. The second kappa shape index (κ2) is 6.52. The van der Waals surface area contributed by atoms with Gasteiger partial charge in [-0.2, -0.15) is 0 Å². The van der Waals surface area contributed by atoms with E-state index in [1.54, 1.807) is 6.07 Å². The highest BCUT2D eigenvalue weighted by Crippen LogP contribution is 2.27. The quantitative estimate of drug-likeness (QED) is 0.545. The van der Waals surface area contributed by atoms with E-state index in [-0.39, 0.29) is 11.6 Å². The van der Waals surface area contributed by atoms with Crippen LogP contribution < -0.4 is 16.6 Å². The number of nitrogens with zero attached hydrogens (tertiary/aromatic N) is 1. The Kier molecular flexibility index (Phi) is 4.41. The molecule has 3 rings (SSSR count). The first kappa shape index (κ1) is 16.9. The van der Waals surface area contributed by atoms with Gasteiger partial charge in [0.05, 0.1) is 17.3 Å². The number of amides is 2. The van der Waals surface area contributed by atoms with Crippen molar-refractivity contribution < 1.29 is 9.59 Å². The van der Waals surface area contributed by atoms with Gasteiger partial charge < -0.3 is 10.7 Å². The normalized spacial score (nSPS) is 12.5. The van der Waals surface area contributed by atoms with Gasteiger partial charge in [0, 0.05) is 16.3 Å². The average Bonchev–Trinajstić information content (AvgIpc) is 2.98. The Hall–Kier alpha value is -2.93. The second-order valence-electron chi connectivity index (χ2n) is 6.40. The minimum atomic E-state index is -0.689. The second-order valence-corrected chi connectivity index (χ2v) is 6.40. The molecule has 0 radical (unpaired) electrons. The van der Waals surface area contributed by atoms with Gasteiger partial charge in [-0.25, -0.2) is 4.98 Å². The van der Waals surface area contributed by atoms with Crippen molar-refractivity contribution in [3.05, 3.63) is 41.7 Å². The maximum atomic E-state index is 12.4. The molecule has 7 nitrogen and oxygen atoms in total. The number of hydrogen-bond acceptors (Lipinski definition) is 4. The summed E-state index contributed by atoms with van der Waals surface area (Å²) in [4.78, 5) is 31.9. The number of nitrogens with two attached hydrogens (primary N) is 1. The smallest absolute Gasteiger partial charge is 0.288 e. The van der Waals surface area contributed by atoms with Crippen molar-refractivity contribution in [1.29, 1.82) is 0 Å². The summed E-state index contributed by atoms with van der Waals surface area (Å²) in [7, 11) is 0. The molecule has 130 valence electrons. The molecule has 0 spiro atoms. The Bertz CT molecular complexity index is 961. The molecule has 1 aromatic carbocycles. The van der Waals surface area contributed by atoms with Crippen LogP contribution in [0.4, 0.5) is 0 Å². The van der Waals surface area contributed by atoms with Gasteiger partial charge in [0.25, 0.3) is 11.8 Å². The summed E-state index contributed by atoms with van der Waals surface area (Å²) in [5, 5.41) is 1.93. The van der Waals surface area contributed by atoms with Crippen LogP contribution in [0.3, 0.4) is 0 Å². The van der Waals surface area contributed by atoms with Gasteiger partial charge in [0.1, 0.15) is 5.69 Å². The fourth-order valence-electron chi connectivity index (χ4n) is 2.69. The van der Waals surface area contributed by atoms with Gasteiger partial charge in [-0.1, -0.05) is 32.0 Å². The third kappa shape index (κ3) is 3.18. The van der Waals surface area contributed by atoms with E-state index in [0.717, 1.165) is 21.8 Å². The van der Waals surface area contributed by atoms with Crippen molar-refractivity contribution in [2.45, 2.75) is 26.8 Å². The number of nitrogens with one attached hydrogen (secondary N) is 3. The Morgan fingerprint density at radius 1 is 1.16 bits per heavy atom. The molecule has 3 aromatic rings. The monoisotopic (exact) mass is 339 g/mol. The number of carbonyl (C=O) groups is 2. The van der Waals surface area contributed by atoms with E-state index in [1.165, 1.54) is 0 Å². The zero-order chi connectivity index (χ0) is 18.1. The molecule has 0 unspecified atom stereocenters. The number of fused-ring (bicyclic) bond motifs is 3. The van der Waals surface area contributed by atoms with E-state index in [4.69, 9.17) is 5.73 Å². The first-order chi connectivity index (χ1) is 11.9. The van der Waals surface area contributed by atoms with E-state index in [9.17, 15) is 9.59 Å². The number of carbonyl (C=O) groups excluding carboxylic acids is 2. The summed E-state index contributed by atoms with van der Waals surface area (Å²) in [6.07, 6.45) is 0. The lowest BCUT2D eigenvalue weighted by Gasteiger charge is -2.15. The first-order valence-corrected chi connectivity index (χ1v) is 8.12. The summed E-state index contributed by atoms with van der Waals surface area (Å²) in [6, 6.07) is 8.87. The van der Waals surface area contributed by atoms with Crippen LogP contribution in [0, 0.1) is 12.8 Å². The highest BCUT2D eigenvalue weighted by atomic mass is 16.2. The number of aromatic nitrogens is 2. The fourth-order valence-corrected chi connectivity index (χ4v) is 2.69. The first-order valence-electron chi connectivity index (χ1n) is 8.12. The van der Waals surface area contributed by atoms with Gasteiger partial charge >= 0.3 is 0 Å². The Morgan fingerprint density at radius 2 is 1.88 bits per heavy atom. The van der Waals surface area contributed by atoms with Crippen LogP contribution in [-0.2, 0) is 4.79 Å². The standard InChI is InChI=1S/C18H21N5O2/c1-9(2)15(19)18(25)23-22-17(24)14-8-12-11-6-4-5-7-13(11)21-16(12)10(3)20-14/h4-9,15,21H,19H2,1-3H3,(H,22,24)(H,23,25)/t15-/m1/s1. The van der Waals surface area contributed by atoms with Crippen LogP contribution in [0.5, 0.6) is 0 Å². The number of para-hydroxylation sites is 1. The maximum absolute atomic E-state index is 12.4. The molecule has 5 N–H and O–H groups in total. The number of pyridine rings is 1. The van der Waals surface area contributed by atoms with Crippen LogP contribution in [0.25, 0.3) is 21.8 Å². The topological polar surface area (TPSA) is 113 Å². The van der Waals surface area contributed by atoms with Crippen molar-refractivity contribution in [3.8, 4) is 0 Å².